The van der Waals surface area contributed by atoms with Crippen molar-refractivity contribution in [3.63, 3.8) is 0 Å². The molecule has 10 heavy (non-hydrogen) atoms. The van der Waals surface area contributed by atoms with E-state index in [0.717, 1.165) is 0 Å². The van der Waals surface area contributed by atoms with Crippen LogP contribution in [0.25, 0.3) is 0 Å². The van der Waals surface area contributed by atoms with Gasteiger partial charge in [-0.05, 0) is 6.42 Å². The fourth-order valence-electron chi connectivity index (χ4n) is 1.04. The van der Waals surface area contributed by atoms with E-state index >= 15 is 0 Å². The highest BCUT2D eigenvalue weighted by Gasteiger charge is 2.22. The van der Waals surface area contributed by atoms with Crippen LogP contribution in [-0.4, -0.2) is 19.4 Å². The van der Waals surface area contributed by atoms with E-state index in [4.69, 9.17) is 10.00 Å². The van der Waals surface area contributed by atoms with Crippen LogP contribution in [0.2, 0.25) is 0 Å². The van der Waals surface area contributed by atoms with Gasteiger partial charge in [0, 0.05) is 19.6 Å². The van der Waals surface area contributed by atoms with Gasteiger partial charge >= 0.3 is 0 Å². The van der Waals surface area contributed by atoms with Crippen LogP contribution in [0.15, 0.2) is 0 Å². The Morgan fingerprint density at radius 1 is 1.40 bits per heavy atom. The molecule has 0 aromatic rings. The summed E-state index contributed by atoms with van der Waals surface area (Å²) < 4.78 is 17.8. The molecule has 0 aromatic heterocycles. The molecule has 0 radical (unpaired) electrons. The lowest BCUT2D eigenvalue weighted by molar-refractivity contribution is 0.138. The van der Waals surface area contributed by atoms with Crippen molar-refractivity contribution in [2.75, 3.05) is 13.2 Å². The molecular weight excluding hydrogens is 133 g/mol. The van der Waals surface area contributed by atoms with E-state index < -0.39 is 12.1 Å². The normalized spacial score (nSPS) is 34.4. The predicted molar refractivity (Wildman–Crippen MR) is 34.1 cm³/mol. The van der Waals surface area contributed by atoms with E-state index in [0.29, 0.717) is 26.1 Å². The van der Waals surface area contributed by atoms with Crippen LogP contribution in [0.4, 0.5) is 4.39 Å². The first-order valence-electron chi connectivity index (χ1n) is 3.46. The maximum atomic E-state index is 12.8. The summed E-state index contributed by atoms with van der Waals surface area (Å²) in [7, 11) is 0. The monoisotopic (exact) mass is 143 g/mol. The minimum Gasteiger partial charge on any atom is -0.381 e. The number of nitriles is 1. The molecule has 0 aliphatic carbocycles. The number of ether oxygens (including phenoxy) is 1. The molecule has 0 aromatic carbocycles. The molecule has 3 heteroatoms. The van der Waals surface area contributed by atoms with Gasteiger partial charge in [0.2, 0.25) is 0 Å². The van der Waals surface area contributed by atoms with E-state index in [1.165, 1.54) is 0 Å². The van der Waals surface area contributed by atoms with Gasteiger partial charge in [0.15, 0.2) is 0 Å². The summed E-state index contributed by atoms with van der Waals surface area (Å²) in [6.07, 6.45) is -0.0666. The van der Waals surface area contributed by atoms with E-state index in [1.807, 2.05) is 6.07 Å². The summed E-state index contributed by atoms with van der Waals surface area (Å²) in [6.45, 7) is 0.984. The molecule has 1 heterocycles. The van der Waals surface area contributed by atoms with Gasteiger partial charge in [-0.1, -0.05) is 0 Å². The Morgan fingerprint density at radius 3 is 2.80 bits per heavy atom. The molecule has 0 bridgehead atoms. The first kappa shape index (κ1) is 7.49. The van der Waals surface area contributed by atoms with Gasteiger partial charge in [0.1, 0.15) is 6.17 Å². The van der Waals surface area contributed by atoms with Gasteiger partial charge in [-0.2, -0.15) is 5.26 Å². The van der Waals surface area contributed by atoms with Crippen molar-refractivity contribution in [2.24, 2.45) is 5.92 Å². The largest absolute Gasteiger partial charge is 0.381 e. The second kappa shape index (κ2) is 3.52. The molecule has 1 aliphatic heterocycles. The van der Waals surface area contributed by atoms with Gasteiger partial charge < -0.3 is 4.74 Å². The number of hydrogen-bond donors (Lipinski definition) is 0. The lowest BCUT2D eigenvalue weighted by Gasteiger charge is -2.06. The van der Waals surface area contributed by atoms with E-state index in [2.05, 4.69) is 0 Å². The van der Waals surface area contributed by atoms with Crippen molar-refractivity contribution in [2.45, 2.75) is 19.0 Å². The van der Waals surface area contributed by atoms with Crippen molar-refractivity contribution in [1.82, 2.24) is 0 Å². The summed E-state index contributed by atoms with van der Waals surface area (Å²) in [5.41, 5.74) is 0. The van der Waals surface area contributed by atoms with Crippen LogP contribution in [0.3, 0.4) is 0 Å². The molecule has 1 saturated heterocycles. The fourth-order valence-corrected chi connectivity index (χ4v) is 1.04. The van der Waals surface area contributed by atoms with Crippen molar-refractivity contribution >= 4 is 0 Å². The van der Waals surface area contributed by atoms with Gasteiger partial charge in [-0.15, -0.1) is 0 Å². The second-order valence-electron chi connectivity index (χ2n) is 2.44. The number of rotatable bonds is 0. The predicted octanol–water partition coefficient (Wildman–Crippen LogP) is 1.27. The highest BCUT2D eigenvalue weighted by molar-refractivity contribution is 4.89. The average molecular weight is 143 g/mol. The Balaban J connectivity index is 2.45. The van der Waals surface area contributed by atoms with Gasteiger partial charge in [0.05, 0.1) is 12.0 Å². The Hall–Kier alpha value is -0.620. The standard InChI is InChI=1S/C7H10FNO/c8-7-2-4-10-3-1-6(7)5-9/h6-7H,1-4H2. The summed E-state index contributed by atoms with van der Waals surface area (Å²) in [4.78, 5) is 0. The number of nitrogens with zero attached hydrogens (tertiary/aromatic N) is 1. The highest BCUT2D eigenvalue weighted by Crippen LogP contribution is 2.18. The molecule has 0 saturated carbocycles. The quantitative estimate of drug-likeness (QED) is 0.511. The molecule has 0 N–H and O–H groups in total. The van der Waals surface area contributed by atoms with Crippen LogP contribution < -0.4 is 0 Å². The molecule has 0 spiro atoms. The van der Waals surface area contributed by atoms with Gasteiger partial charge in [-0.3, -0.25) is 0 Å². The minimum absolute atomic E-state index is 0.373. The molecule has 56 valence electrons. The van der Waals surface area contributed by atoms with E-state index in [-0.39, 0.29) is 0 Å². The van der Waals surface area contributed by atoms with Crippen LogP contribution in [0.1, 0.15) is 12.8 Å². The number of halogens is 1. The third-order valence-electron chi connectivity index (χ3n) is 1.71. The van der Waals surface area contributed by atoms with Crippen LogP contribution in [-0.2, 0) is 4.74 Å². The first-order valence-corrected chi connectivity index (χ1v) is 3.46. The smallest absolute Gasteiger partial charge is 0.118 e. The van der Waals surface area contributed by atoms with E-state index in [1.54, 1.807) is 0 Å². The van der Waals surface area contributed by atoms with Gasteiger partial charge in [-0.25, -0.2) is 4.39 Å². The molecule has 1 rings (SSSR count). The zero-order valence-corrected chi connectivity index (χ0v) is 5.72. The Labute approximate surface area is 59.6 Å². The fraction of sp³-hybridized carbons (Fsp3) is 0.857. The third-order valence-corrected chi connectivity index (χ3v) is 1.71. The van der Waals surface area contributed by atoms with Crippen molar-refractivity contribution in [3.05, 3.63) is 0 Å². The zero-order valence-electron chi connectivity index (χ0n) is 5.72. The van der Waals surface area contributed by atoms with Crippen molar-refractivity contribution < 1.29 is 9.13 Å². The average Bonchev–Trinajstić information content (AvgIpc) is 2.13. The maximum Gasteiger partial charge on any atom is 0.118 e. The van der Waals surface area contributed by atoms with Crippen molar-refractivity contribution in [3.8, 4) is 6.07 Å². The molecule has 2 nitrogen and oxygen atoms in total. The highest BCUT2D eigenvalue weighted by atomic mass is 19.1. The summed E-state index contributed by atoms with van der Waals surface area (Å²) in [5, 5.41) is 8.44. The number of hydrogen-bond acceptors (Lipinski definition) is 2. The first-order chi connectivity index (χ1) is 4.84. The van der Waals surface area contributed by atoms with Crippen molar-refractivity contribution in [1.29, 1.82) is 5.26 Å². The Bertz CT molecular complexity index is 143. The number of alkyl halides is 1. The summed E-state index contributed by atoms with van der Waals surface area (Å²) >= 11 is 0. The maximum absolute atomic E-state index is 12.8. The minimum atomic E-state index is -0.979. The molecule has 0 amide bonds. The molecule has 2 atom stereocenters. The summed E-state index contributed by atoms with van der Waals surface area (Å²) in [5.74, 6) is -0.442. The van der Waals surface area contributed by atoms with Crippen LogP contribution in [0.5, 0.6) is 0 Å². The summed E-state index contributed by atoms with van der Waals surface area (Å²) in [6, 6.07) is 1.94. The molecule has 2 unspecified atom stereocenters. The Kier molecular flexibility index (Phi) is 2.64. The third kappa shape index (κ3) is 1.68. The van der Waals surface area contributed by atoms with E-state index in [9.17, 15) is 4.39 Å². The van der Waals surface area contributed by atoms with Crippen LogP contribution in [0, 0.1) is 17.2 Å². The lowest BCUT2D eigenvalue weighted by atomic mass is 10.0. The lowest BCUT2D eigenvalue weighted by Crippen LogP contribution is -2.12. The van der Waals surface area contributed by atoms with Crippen LogP contribution >= 0.6 is 0 Å². The second-order valence-corrected chi connectivity index (χ2v) is 2.44. The SMILES string of the molecule is N#CC1CCOCCC1F. The Morgan fingerprint density at radius 2 is 2.10 bits per heavy atom. The molecular formula is C7H10FNO. The van der Waals surface area contributed by atoms with Gasteiger partial charge in [0.25, 0.3) is 0 Å². The topological polar surface area (TPSA) is 33.0 Å². The molecule has 1 aliphatic rings. The zero-order chi connectivity index (χ0) is 7.40. The molecule has 1 fully saturated rings.